The Bertz CT molecular complexity index is 574. The Kier molecular flexibility index (Phi) is 7.53. The van der Waals surface area contributed by atoms with Crippen molar-refractivity contribution in [3.8, 4) is 11.5 Å². The summed E-state index contributed by atoms with van der Waals surface area (Å²) >= 11 is 0. The van der Waals surface area contributed by atoms with E-state index in [0.29, 0.717) is 31.2 Å². The predicted octanol–water partition coefficient (Wildman–Crippen LogP) is 1.22. The smallest absolute Gasteiger partial charge is 0.260 e. The molecule has 1 aromatic rings. The summed E-state index contributed by atoms with van der Waals surface area (Å²) < 4.78 is 15.7. The van der Waals surface area contributed by atoms with Crippen molar-refractivity contribution in [2.45, 2.75) is 25.3 Å². The van der Waals surface area contributed by atoms with E-state index in [-0.39, 0.29) is 30.9 Å². The molecule has 2 amide bonds. The number of ether oxygens (including phenoxy) is 3. The Hall–Kier alpha value is -2.28. The lowest BCUT2D eigenvalue weighted by atomic mass is 10.3. The summed E-state index contributed by atoms with van der Waals surface area (Å²) in [5, 5.41) is 2.76. The normalized spacial score (nSPS) is 13.2. The number of carbonyl (C=O) groups excluding carboxylic acids is 2. The molecule has 138 valence electrons. The zero-order chi connectivity index (χ0) is 18.1. The van der Waals surface area contributed by atoms with E-state index in [1.165, 1.54) is 0 Å². The van der Waals surface area contributed by atoms with E-state index in [1.54, 1.807) is 31.3 Å². The summed E-state index contributed by atoms with van der Waals surface area (Å²) in [6.45, 7) is 1.28. The van der Waals surface area contributed by atoms with Gasteiger partial charge in [0.25, 0.3) is 5.91 Å². The standard InChI is InChI=1S/C18H26N2O5/c1-23-12-10-19-17(21)9-11-20(14-7-8-14)18(22)13-25-16-6-4-3-5-15(16)24-2/h3-6,14H,7-13H2,1-2H3,(H,19,21). The van der Waals surface area contributed by atoms with E-state index in [2.05, 4.69) is 5.32 Å². The highest BCUT2D eigenvalue weighted by Gasteiger charge is 2.32. The van der Waals surface area contributed by atoms with Crippen LogP contribution >= 0.6 is 0 Å². The maximum atomic E-state index is 12.5. The van der Waals surface area contributed by atoms with Gasteiger partial charge in [-0.3, -0.25) is 9.59 Å². The van der Waals surface area contributed by atoms with Crippen LogP contribution in [0.5, 0.6) is 11.5 Å². The van der Waals surface area contributed by atoms with Crippen molar-refractivity contribution in [1.29, 1.82) is 0 Å². The van der Waals surface area contributed by atoms with Crippen LogP contribution in [0.25, 0.3) is 0 Å². The van der Waals surface area contributed by atoms with E-state index in [0.717, 1.165) is 12.8 Å². The first-order chi connectivity index (χ1) is 12.2. The lowest BCUT2D eigenvalue weighted by Gasteiger charge is -2.22. The number of nitrogens with zero attached hydrogens (tertiary/aromatic N) is 1. The van der Waals surface area contributed by atoms with Crippen LogP contribution in [0.2, 0.25) is 0 Å². The van der Waals surface area contributed by atoms with E-state index in [4.69, 9.17) is 14.2 Å². The molecule has 0 atom stereocenters. The highest BCUT2D eigenvalue weighted by atomic mass is 16.5. The second-order valence-electron chi connectivity index (χ2n) is 5.85. The molecule has 0 bridgehead atoms. The summed E-state index contributed by atoms with van der Waals surface area (Å²) in [4.78, 5) is 26.0. The molecular weight excluding hydrogens is 324 g/mol. The lowest BCUT2D eigenvalue weighted by molar-refractivity contribution is -0.134. The minimum Gasteiger partial charge on any atom is -0.493 e. The van der Waals surface area contributed by atoms with E-state index in [9.17, 15) is 9.59 Å². The first kappa shape index (κ1) is 19.1. The van der Waals surface area contributed by atoms with Crippen molar-refractivity contribution in [3.63, 3.8) is 0 Å². The van der Waals surface area contributed by atoms with Gasteiger partial charge in [0.15, 0.2) is 18.1 Å². The van der Waals surface area contributed by atoms with E-state index >= 15 is 0 Å². The van der Waals surface area contributed by atoms with Crippen molar-refractivity contribution in [2.24, 2.45) is 0 Å². The number of rotatable bonds is 11. The topological polar surface area (TPSA) is 77.1 Å². The quantitative estimate of drug-likeness (QED) is 0.607. The number of methoxy groups -OCH3 is 2. The molecule has 1 aliphatic carbocycles. The SMILES string of the molecule is COCCNC(=O)CCN(C(=O)COc1ccccc1OC)C1CC1. The first-order valence-corrected chi connectivity index (χ1v) is 8.46. The molecule has 7 heteroatoms. The van der Waals surface area contributed by atoms with E-state index < -0.39 is 0 Å². The Morgan fingerprint density at radius 1 is 1.20 bits per heavy atom. The molecule has 0 aliphatic heterocycles. The number of para-hydroxylation sites is 2. The molecule has 0 unspecified atom stereocenters. The van der Waals surface area contributed by atoms with Crippen LogP contribution in [0.15, 0.2) is 24.3 Å². The summed E-state index contributed by atoms with van der Waals surface area (Å²) in [6, 6.07) is 7.43. The average molecular weight is 350 g/mol. The molecule has 1 aromatic carbocycles. The molecule has 1 fully saturated rings. The summed E-state index contributed by atoms with van der Waals surface area (Å²) in [7, 11) is 3.14. The summed E-state index contributed by atoms with van der Waals surface area (Å²) in [5.41, 5.74) is 0. The van der Waals surface area contributed by atoms with Gasteiger partial charge in [0.2, 0.25) is 5.91 Å². The molecule has 1 saturated carbocycles. The fourth-order valence-electron chi connectivity index (χ4n) is 2.46. The zero-order valence-corrected chi connectivity index (χ0v) is 14.8. The first-order valence-electron chi connectivity index (χ1n) is 8.46. The minimum absolute atomic E-state index is 0.0673. The highest BCUT2D eigenvalue weighted by Crippen LogP contribution is 2.28. The van der Waals surface area contributed by atoms with Crippen LogP contribution in [0.4, 0.5) is 0 Å². The van der Waals surface area contributed by atoms with Crippen LogP contribution < -0.4 is 14.8 Å². The molecule has 0 aromatic heterocycles. The average Bonchev–Trinajstić information content (AvgIpc) is 3.45. The molecule has 2 rings (SSSR count). The van der Waals surface area contributed by atoms with Gasteiger partial charge in [-0.15, -0.1) is 0 Å². The van der Waals surface area contributed by atoms with Gasteiger partial charge in [-0.1, -0.05) is 12.1 Å². The molecule has 1 aliphatic rings. The Morgan fingerprint density at radius 2 is 1.92 bits per heavy atom. The van der Waals surface area contributed by atoms with Gasteiger partial charge in [-0.05, 0) is 25.0 Å². The molecule has 0 radical (unpaired) electrons. The third-order valence-corrected chi connectivity index (χ3v) is 3.94. The van der Waals surface area contributed by atoms with Gasteiger partial charge < -0.3 is 24.4 Å². The highest BCUT2D eigenvalue weighted by molar-refractivity contribution is 5.80. The Morgan fingerprint density at radius 3 is 2.56 bits per heavy atom. The summed E-state index contributed by atoms with van der Waals surface area (Å²) in [6.07, 6.45) is 2.23. The van der Waals surface area contributed by atoms with Gasteiger partial charge in [0, 0.05) is 32.7 Å². The van der Waals surface area contributed by atoms with Crippen LogP contribution in [-0.4, -0.2) is 63.3 Å². The van der Waals surface area contributed by atoms with Crippen molar-refractivity contribution in [3.05, 3.63) is 24.3 Å². The van der Waals surface area contributed by atoms with Crippen molar-refractivity contribution >= 4 is 11.8 Å². The van der Waals surface area contributed by atoms with Gasteiger partial charge in [-0.25, -0.2) is 0 Å². The molecule has 0 saturated heterocycles. The van der Waals surface area contributed by atoms with Crippen LogP contribution in [0, 0.1) is 0 Å². The zero-order valence-electron chi connectivity index (χ0n) is 14.8. The predicted molar refractivity (Wildman–Crippen MR) is 92.7 cm³/mol. The van der Waals surface area contributed by atoms with Gasteiger partial charge in [0.05, 0.1) is 13.7 Å². The maximum absolute atomic E-state index is 12.5. The third-order valence-electron chi connectivity index (χ3n) is 3.94. The minimum atomic E-state index is -0.113. The fraction of sp³-hybridized carbons (Fsp3) is 0.556. The van der Waals surface area contributed by atoms with E-state index in [1.807, 2.05) is 12.1 Å². The number of hydrogen-bond acceptors (Lipinski definition) is 5. The molecule has 25 heavy (non-hydrogen) atoms. The second-order valence-corrected chi connectivity index (χ2v) is 5.85. The fourth-order valence-corrected chi connectivity index (χ4v) is 2.46. The number of carbonyl (C=O) groups is 2. The molecule has 0 heterocycles. The van der Waals surface area contributed by atoms with Crippen molar-refractivity contribution in [2.75, 3.05) is 40.5 Å². The third kappa shape index (κ3) is 6.26. The summed E-state index contributed by atoms with van der Waals surface area (Å²) in [5.74, 6) is 0.927. The van der Waals surface area contributed by atoms with Crippen LogP contribution in [-0.2, 0) is 14.3 Å². The van der Waals surface area contributed by atoms with Gasteiger partial charge >= 0.3 is 0 Å². The molecule has 1 N–H and O–H groups in total. The van der Waals surface area contributed by atoms with Crippen LogP contribution in [0.1, 0.15) is 19.3 Å². The number of benzene rings is 1. The van der Waals surface area contributed by atoms with Gasteiger partial charge in [-0.2, -0.15) is 0 Å². The largest absolute Gasteiger partial charge is 0.493 e. The lowest BCUT2D eigenvalue weighted by Crippen LogP contribution is -2.39. The number of amides is 2. The molecular formula is C18H26N2O5. The Labute approximate surface area is 148 Å². The Balaban J connectivity index is 1.81. The van der Waals surface area contributed by atoms with Crippen molar-refractivity contribution in [1.82, 2.24) is 10.2 Å². The monoisotopic (exact) mass is 350 g/mol. The molecule has 0 spiro atoms. The van der Waals surface area contributed by atoms with Crippen LogP contribution in [0.3, 0.4) is 0 Å². The number of nitrogens with one attached hydrogen (secondary N) is 1. The second kappa shape index (κ2) is 9.88. The maximum Gasteiger partial charge on any atom is 0.260 e. The van der Waals surface area contributed by atoms with Crippen molar-refractivity contribution < 1.29 is 23.8 Å². The number of hydrogen-bond donors (Lipinski definition) is 1. The molecule has 7 nitrogen and oxygen atoms in total. The van der Waals surface area contributed by atoms with Gasteiger partial charge in [0.1, 0.15) is 0 Å².